The minimum absolute atomic E-state index is 0.00597. The van der Waals surface area contributed by atoms with Crippen LogP contribution in [0.4, 0.5) is 0 Å². The van der Waals surface area contributed by atoms with Crippen molar-refractivity contribution in [3.05, 3.63) is 36.7 Å². The second kappa shape index (κ2) is 6.19. The predicted molar refractivity (Wildman–Crippen MR) is 83.5 cm³/mol. The van der Waals surface area contributed by atoms with E-state index in [0.29, 0.717) is 13.0 Å². The molecule has 0 bridgehead atoms. The minimum atomic E-state index is -0.170. The van der Waals surface area contributed by atoms with Gasteiger partial charge in [-0.15, -0.1) is 0 Å². The van der Waals surface area contributed by atoms with E-state index in [2.05, 4.69) is 15.7 Å². The largest absolute Gasteiger partial charge is 0.489 e. The van der Waals surface area contributed by atoms with Gasteiger partial charge in [0.2, 0.25) is 5.91 Å². The van der Waals surface area contributed by atoms with Crippen LogP contribution in [-0.2, 0) is 11.8 Å². The first-order valence-corrected chi connectivity index (χ1v) is 7.36. The van der Waals surface area contributed by atoms with E-state index < -0.39 is 0 Å². The zero-order chi connectivity index (χ0) is 15.5. The molecular weight excluding hydrogens is 280 g/mol. The fourth-order valence-electron chi connectivity index (χ4n) is 2.68. The molecule has 3 rings (SSSR count). The Morgan fingerprint density at radius 1 is 1.45 bits per heavy atom. The number of nitrogens with one attached hydrogen (secondary N) is 2. The molecule has 2 aromatic rings. The van der Waals surface area contributed by atoms with Gasteiger partial charge in [-0.3, -0.25) is 9.48 Å². The summed E-state index contributed by atoms with van der Waals surface area (Å²) in [5.74, 6) is 0.820. The smallest absolute Gasteiger partial charge is 0.237 e. The summed E-state index contributed by atoms with van der Waals surface area (Å²) in [7, 11) is 3.54. The molecule has 2 atom stereocenters. The van der Waals surface area contributed by atoms with Gasteiger partial charge in [0.15, 0.2) is 0 Å². The molecule has 0 saturated carbocycles. The number of aryl methyl sites for hydroxylation is 1. The third-order valence-corrected chi connectivity index (χ3v) is 3.83. The maximum absolute atomic E-state index is 11.6. The Morgan fingerprint density at radius 2 is 2.32 bits per heavy atom. The van der Waals surface area contributed by atoms with E-state index in [-0.39, 0.29) is 18.1 Å². The summed E-state index contributed by atoms with van der Waals surface area (Å²) in [6.07, 6.45) is 4.48. The third-order valence-electron chi connectivity index (χ3n) is 3.83. The zero-order valence-electron chi connectivity index (χ0n) is 12.7. The standard InChI is InChI=1S/C16H20N4O2/c1-17-16(21)15-7-14(9-18-15)22-13-5-3-4-11(6-13)12-8-19-20(2)10-12/h3-6,8,10,14-15,18H,7,9H2,1-2H3,(H,17,21)/t14-,15-/m1/s1. The molecule has 116 valence electrons. The summed E-state index contributed by atoms with van der Waals surface area (Å²) < 4.78 is 7.77. The van der Waals surface area contributed by atoms with Crippen LogP contribution in [0.3, 0.4) is 0 Å². The summed E-state index contributed by atoms with van der Waals surface area (Å²) in [5.41, 5.74) is 2.13. The van der Waals surface area contributed by atoms with Crippen LogP contribution in [0.5, 0.6) is 5.75 Å². The third kappa shape index (κ3) is 3.12. The van der Waals surface area contributed by atoms with E-state index in [1.54, 1.807) is 11.7 Å². The van der Waals surface area contributed by atoms with Crippen LogP contribution in [0, 0.1) is 0 Å². The minimum Gasteiger partial charge on any atom is -0.489 e. The number of ether oxygens (including phenoxy) is 1. The Labute approximate surface area is 129 Å². The molecule has 2 heterocycles. The van der Waals surface area contributed by atoms with Crippen LogP contribution < -0.4 is 15.4 Å². The lowest BCUT2D eigenvalue weighted by Crippen LogP contribution is -2.38. The van der Waals surface area contributed by atoms with Gasteiger partial charge in [0.05, 0.1) is 12.2 Å². The number of amides is 1. The Morgan fingerprint density at radius 3 is 3.05 bits per heavy atom. The number of likely N-dealkylation sites (N-methyl/N-ethyl adjacent to an activating group) is 1. The molecule has 6 nitrogen and oxygen atoms in total. The second-order valence-electron chi connectivity index (χ2n) is 5.48. The molecule has 0 spiro atoms. The van der Waals surface area contributed by atoms with Gasteiger partial charge >= 0.3 is 0 Å². The Hall–Kier alpha value is -2.34. The van der Waals surface area contributed by atoms with Gasteiger partial charge in [0.1, 0.15) is 11.9 Å². The number of carbonyl (C=O) groups excluding carboxylic acids is 1. The lowest BCUT2D eigenvalue weighted by molar-refractivity contribution is -0.122. The molecule has 1 saturated heterocycles. The molecule has 0 radical (unpaired) electrons. The molecule has 1 aromatic heterocycles. The van der Waals surface area contributed by atoms with Crippen molar-refractivity contribution in [1.29, 1.82) is 0 Å². The quantitative estimate of drug-likeness (QED) is 0.882. The molecule has 1 amide bonds. The monoisotopic (exact) mass is 300 g/mol. The van der Waals surface area contributed by atoms with Crippen molar-refractivity contribution in [2.24, 2.45) is 7.05 Å². The molecule has 2 N–H and O–H groups in total. The van der Waals surface area contributed by atoms with Crippen LogP contribution in [0.15, 0.2) is 36.7 Å². The van der Waals surface area contributed by atoms with Crippen molar-refractivity contribution < 1.29 is 9.53 Å². The number of hydrogen-bond acceptors (Lipinski definition) is 4. The van der Waals surface area contributed by atoms with Crippen LogP contribution in [0.1, 0.15) is 6.42 Å². The zero-order valence-corrected chi connectivity index (χ0v) is 12.7. The first-order valence-electron chi connectivity index (χ1n) is 7.36. The molecule has 1 aliphatic rings. The van der Waals surface area contributed by atoms with E-state index >= 15 is 0 Å². The topological polar surface area (TPSA) is 68.2 Å². The second-order valence-corrected chi connectivity index (χ2v) is 5.48. The highest BCUT2D eigenvalue weighted by Crippen LogP contribution is 2.25. The summed E-state index contributed by atoms with van der Waals surface area (Å²) in [4.78, 5) is 11.6. The number of rotatable bonds is 4. The van der Waals surface area contributed by atoms with Gasteiger partial charge in [-0.25, -0.2) is 0 Å². The SMILES string of the molecule is CNC(=O)[C@H]1C[C@@H](Oc2cccc(-c3cnn(C)c3)c2)CN1. The first kappa shape index (κ1) is 14.6. The number of carbonyl (C=O) groups is 1. The van der Waals surface area contributed by atoms with Crippen LogP contribution in [-0.4, -0.2) is 41.4 Å². The highest BCUT2D eigenvalue weighted by atomic mass is 16.5. The Kier molecular flexibility index (Phi) is 4.11. The van der Waals surface area contributed by atoms with E-state index in [1.807, 2.05) is 43.7 Å². The van der Waals surface area contributed by atoms with Gasteiger partial charge in [0, 0.05) is 38.8 Å². The molecule has 6 heteroatoms. The highest BCUT2D eigenvalue weighted by Gasteiger charge is 2.30. The van der Waals surface area contributed by atoms with Gasteiger partial charge in [-0.2, -0.15) is 5.10 Å². The van der Waals surface area contributed by atoms with Crippen molar-refractivity contribution in [2.45, 2.75) is 18.6 Å². The van der Waals surface area contributed by atoms with Crippen molar-refractivity contribution in [1.82, 2.24) is 20.4 Å². The fraction of sp³-hybridized carbons (Fsp3) is 0.375. The Bertz CT molecular complexity index is 668. The highest BCUT2D eigenvalue weighted by molar-refractivity contribution is 5.81. The number of hydrogen-bond donors (Lipinski definition) is 2. The number of benzene rings is 1. The first-order chi connectivity index (χ1) is 10.7. The van der Waals surface area contributed by atoms with Crippen LogP contribution in [0.25, 0.3) is 11.1 Å². The summed E-state index contributed by atoms with van der Waals surface area (Å²) in [5, 5.41) is 10.0. The predicted octanol–water partition coefficient (Wildman–Crippen LogP) is 0.942. The number of aromatic nitrogens is 2. The van der Waals surface area contributed by atoms with E-state index in [4.69, 9.17) is 4.74 Å². The fourth-order valence-corrected chi connectivity index (χ4v) is 2.68. The average Bonchev–Trinajstić information content (AvgIpc) is 3.16. The van der Waals surface area contributed by atoms with E-state index in [1.165, 1.54) is 0 Å². The van der Waals surface area contributed by atoms with Crippen LogP contribution >= 0.6 is 0 Å². The molecule has 22 heavy (non-hydrogen) atoms. The summed E-state index contributed by atoms with van der Waals surface area (Å²) in [6, 6.07) is 7.77. The molecule has 0 aliphatic carbocycles. The summed E-state index contributed by atoms with van der Waals surface area (Å²) in [6.45, 7) is 0.676. The van der Waals surface area contributed by atoms with Crippen LogP contribution in [0.2, 0.25) is 0 Å². The van der Waals surface area contributed by atoms with Crippen molar-refractivity contribution in [3.8, 4) is 16.9 Å². The normalized spacial score (nSPS) is 20.8. The van der Waals surface area contributed by atoms with Crippen molar-refractivity contribution >= 4 is 5.91 Å². The molecular formula is C16H20N4O2. The van der Waals surface area contributed by atoms with Gasteiger partial charge in [0.25, 0.3) is 0 Å². The van der Waals surface area contributed by atoms with Gasteiger partial charge < -0.3 is 15.4 Å². The van der Waals surface area contributed by atoms with Gasteiger partial charge in [-0.05, 0) is 17.7 Å². The molecule has 1 aromatic carbocycles. The average molecular weight is 300 g/mol. The molecule has 1 aliphatic heterocycles. The van der Waals surface area contributed by atoms with Crippen molar-refractivity contribution in [2.75, 3.05) is 13.6 Å². The maximum Gasteiger partial charge on any atom is 0.237 e. The van der Waals surface area contributed by atoms with E-state index in [9.17, 15) is 4.79 Å². The molecule has 0 unspecified atom stereocenters. The lowest BCUT2D eigenvalue weighted by atomic mass is 10.1. The van der Waals surface area contributed by atoms with Crippen molar-refractivity contribution in [3.63, 3.8) is 0 Å². The Balaban J connectivity index is 1.68. The molecule has 1 fully saturated rings. The van der Waals surface area contributed by atoms with Gasteiger partial charge in [-0.1, -0.05) is 12.1 Å². The lowest BCUT2D eigenvalue weighted by Gasteiger charge is -2.13. The van der Waals surface area contributed by atoms with E-state index in [0.717, 1.165) is 16.9 Å². The maximum atomic E-state index is 11.6. The number of nitrogens with zero attached hydrogens (tertiary/aromatic N) is 2. The summed E-state index contributed by atoms with van der Waals surface area (Å²) >= 11 is 0.